The largest absolute Gasteiger partial charge is 0.508 e. The number of hydrogen-bond donors (Lipinski definition) is 1. The topological polar surface area (TPSA) is 47.9 Å². The fraction of sp³-hybridized carbons (Fsp3) is 0.714. The van der Waals surface area contributed by atoms with E-state index in [9.17, 15) is 5.11 Å². The molecule has 4 heteroatoms. The van der Waals surface area contributed by atoms with E-state index in [0.717, 1.165) is 25.7 Å². The summed E-state index contributed by atoms with van der Waals surface area (Å²) in [5, 5.41) is 9.42. The molecule has 1 aromatic carbocycles. The number of aromatic hydroxyl groups is 1. The van der Waals surface area contributed by atoms with Crippen LogP contribution in [-0.4, -0.2) is 32.4 Å². The maximum atomic E-state index is 9.42. The Labute approximate surface area is 153 Å². The lowest BCUT2D eigenvalue weighted by atomic mass is 9.91. The zero-order valence-corrected chi connectivity index (χ0v) is 16.4. The van der Waals surface area contributed by atoms with Crippen LogP contribution in [0.3, 0.4) is 0 Å². The highest BCUT2D eigenvalue weighted by molar-refractivity contribution is 5.25. The number of aryl methyl sites for hydroxylation is 1. The maximum absolute atomic E-state index is 9.42. The Kier molecular flexibility index (Phi) is 10.8. The lowest BCUT2D eigenvalue weighted by Gasteiger charge is -2.36. The zero-order valence-electron chi connectivity index (χ0n) is 16.4. The highest BCUT2D eigenvalue weighted by atomic mass is 16.9. The minimum atomic E-state index is -0.986. The molecule has 0 bridgehead atoms. The Morgan fingerprint density at radius 2 is 1.40 bits per heavy atom. The number of rotatable bonds is 14. The Morgan fingerprint density at radius 1 is 0.840 bits per heavy atom. The van der Waals surface area contributed by atoms with Crippen LogP contribution in [0.5, 0.6) is 5.75 Å². The van der Waals surface area contributed by atoms with Crippen molar-refractivity contribution < 1.29 is 19.3 Å². The molecule has 1 rings (SSSR count). The van der Waals surface area contributed by atoms with Gasteiger partial charge in [0.2, 0.25) is 0 Å². The molecule has 144 valence electrons. The smallest absolute Gasteiger partial charge is 0.285 e. The van der Waals surface area contributed by atoms with E-state index in [0.29, 0.717) is 5.75 Å². The average Bonchev–Trinajstić information content (AvgIpc) is 2.64. The molecule has 0 spiro atoms. The van der Waals surface area contributed by atoms with Crippen molar-refractivity contribution in [2.75, 3.05) is 21.3 Å². The molecular weight excluding hydrogens is 316 g/mol. The number of ether oxygens (including phenoxy) is 3. The molecular formula is C21H36O4. The summed E-state index contributed by atoms with van der Waals surface area (Å²) in [6, 6.07) is 7.39. The summed E-state index contributed by atoms with van der Waals surface area (Å²) in [6.45, 7) is 2.24. The molecule has 1 atom stereocenters. The highest BCUT2D eigenvalue weighted by Crippen LogP contribution is 2.32. The SMILES string of the molecule is CCCCCCCCC(CCc1ccc(O)cc1)C(OC)(OC)OC. The van der Waals surface area contributed by atoms with Crippen LogP contribution in [-0.2, 0) is 20.6 Å². The fourth-order valence-electron chi connectivity index (χ4n) is 3.42. The number of phenolic OH excluding ortho intramolecular Hbond substituents is 1. The minimum Gasteiger partial charge on any atom is -0.508 e. The number of phenols is 1. The van der Waals surface area contributed by atoms with E-state index in [1.54, 1.807) is 33.5 Å². The fourth-order valence-corrected chi connectivity index (χ4v) is 3.42. The molecule has 4 nitrogen and oxygen atoms in total. The van der Waals surface area contributed by atoms with E-state index in [1.807, 2.05) is 12.1 Å². The Hall–Kier alpha value is -1.10. The van der Waals surface area contributed by atoms with Crippen molar-refractivity contribution in [3.8, 4) is 5.75 Å². The Bertz CT molecular complexity index is 431. The van der Waals surface area contributed by atoms with Gasteiger partial charge in [-0.25, -0.2) is 0 Å². The van der Waals surface area contributed by atoms with Gasteiger partial charge >= 0.3 is 0 Å². The van der Waals surface area contributed by atoms with Gasteiger partial charge in [-0.2, -0.15) is 0 Å². The van der Waals surface area contributed by atoms with Crippen LogP contribution in [0.25, 0.3) is 0 Å². The number of methoxy groups -OCH3 is 3. The molecule has 1 aromatic rings. The summed E-state index contributed by atoms with van der Waals surface area (Å²) in [5.74, 6) is -0.528. The van der Waals surface area contributed by atoms with Gasteiger partial charge in [0.05, 0.1) is 0 Å². The third kappa shape index (κ3) is 7.35. The Balaban J connectivity index is 2.61. The second-order valence-corrected chi connectivity index (χ2v) is 6.67. The Morgan fingerprint density at radius 3 is 1.96 bits per heavy atom. The van der Waals surface area contributed by atoms with Crippen molar-refractivity contribution in [1.29, 1.82) is 0 Å². The summed E-state index contributed by atoms with van der Waals surface area (Å²) in [4.78, 5) is 0. The summed E-state index contributed by atoms with van der Waals surface area (Å²) in [7, 11) is 4.92. The lowest BCUT2D eigenvalue weighted by molar-refractivity contribution is -0.380. The maximum Gasteiger partial charge on any atom is 0.285 e. The molecule has 0 aromatic heterocycles. The van der Waals surface area contributed by atoms with Gasteiger partial charge in [-0.05, 0) is 37.0 Å². The molecule has 0 saturated carbocycles. The van der Waals surface area contributed by atoms with Gasteiger partial charge in [-0.1, -0.05) is 57.6 Å². The summed E-state index contributed by atoms with van der Waals surface area (Å²) in [6.07, 6.45) is 10.4. The lowest BCUT2D eigenvalue weighted by Crippen LogP contribution is -2.44. The van der Waals surface area contributed by atoms with E-state index >= 15 is 0 Å². The molecule has 0 fully saturated rings. The molecule has 0 aliphatic carbocycles. The molecule has 1 unspecified atom stereocenters. The first kappa shape index (κ1) is 21.9. The highest BCUT2D eigenvalue weighted by Gasteiger charge is 2.39. The van der Waals surface area contributed by atoms with Gasteiger partial charge in [0.25, 0.3) is 5.97 Å². The predicted octanol–water partition coefficient (Wildman–Crippen LogP) is 5.28. The second-order valence-electron chi connectivity index (χ2n) is 6.67. The zero-order chi connectivity index (χ0) is 18.5. The van der Waals surface area contributed by atoms with Crippen molar-refractivity contribution >= 4 is 0 Å². The average molecular weight is 353 g/mol. The number of unbranched alkanes of at least 4 members (excludes halogenated alkanes) is 5. The van der Waals surface area contributed by atoms with Crippen LogP contribution < -0.4 is 0 Å². The van der Waals surface area contributed by atoms with E-state index in [-0.39, 0.29) is 5.92 Å². The van der Waals surface area contributed by atoms with Crippen LogP contribution in [0.2, 0.25) is 0 Å². The summed E-state index contributed by atoms with van der Waals surface area (Å²) < 4.78 is 16.9. The summed E-state index contributed by atoms with van der Waals surface area (Å²) >= 11 is 0. The van der Waals surface area contributed by atoms with Gasteiger partial charge < -0.3 is 19.3 Å². The normalized spacial score (nSPS) is 13.1. The van der Waals surface area contributed by atoms with Gasteiger partial charge in [-0.15, -0.1) is 0 Å². The quantitative estimate of drug-likeness (QED) is 0.365. The van der Waals surface area contributed by atoms with Crippen LogP contribution in [0.4, 0.5) is 0 Å². The second kappa shape index (κ2) is 12.3. The predicted molar refractivity (Wildman–Crippen MR) is 102 cm³/mol. The van der Waals surface area contributed by atoms with Crippen LogP contribution in [0.1, 0.15) is 63.9 Å². The van der Waals surface area contributed by atoms with Crippen molar-refractivity contribution in [3.63, 3.8) is 0 Å². The monoisotopic (exact) mass is 352 g/mol. The van der Waals surface area contributed by atoms with Crippen LogP contribution >= 0.6 is 0 Å². The molecule has 0 aliphatic heterocycles. The minimum absolute atomic E-state index is 0.160. The van der Waals surface area contributed by atoms with Gasteiger partial charge in [0, 0.05) is 27.2 Å². The van der Waals surface area contributed by atoms with Crippen molar-refractivity contribution in [2.45, 2.75) is 70.7 Å². The van der Waals surface area contributed by atoms with Gasteiger partial charge in [0.1, 0.15) is 5.75 Å². The van der Waals surface area contributed by atoms with Crippen molar-refractivity contribution in [3.05, 3.63) is 29.8 Å². The number of hydrogen-bond acceptors (Lipinski definition) is 4. The van der Waals surface area contributed by atoms with E-state index in [1.165, 1.54) is 37.7 Å². The molecule has 0 amide bonds. The van der Waals surface area contributed by atoms with E-state index < -0.39 is 5.97 Å². The van der Waals surface area contributed by atoms with Crippen LogP contribution in [0.15, 0.2) is 24.3 Å². The third-order valence-corrected chi connectivity index (χ3v) is 4.98. The standard InChI is InChI=1S/C21H36O4/c1-5-6-7-8-9-10-11-19(21(23-2,24-3)25-4)15-12-18-13-16-20(22)17-14-18/h13-14,16-17,19,22H,5-12,15H2,1-4H3. The van der Waals surface area contributed by atoms with Crippen molar-refractivity contribution in [1.82, 2.24) is 0 Å². The van der Waals surface area contributed by atoms with E-state index in [2.05, 4.69) is 6.92 Å². The van der Waals surface area contributed by atoms with Gasteiger partial charge in [0.15, 0.2) is 0 Å². The summed E-state index contributed by atoms with van der Waals surface area (Å²) in [5.41, 5.74) is 1.20. The molecule has 0 saturated heterocycles. The molecule has 0 heterocycles. The van der Waals surface area contributed by atoms with E-state index in [4.69, 9.17) is 14.2 Å². The molecule has 0 radical (unpaired) electrons. The first-order valence-electron chi connectivity index (χ1n) is 9.55. The molecule has 1 N–H and O–H groups in total. The molecule has 25 heavy (non-hydrogen) atoms. The molecule has 0 aliphatic rings. The number of benzene rings is 1. The first-order chi connectivity index (χ1) is 12.1. The van der Waals surface area contributed by atoms with Gasteiger partial charge in [-0.3, -0.25) is 0 Å². The van der Waals surface area contributed by atoms with Crippen LogP contribution in [0, 0.1) is 5.92 Å². The third-order valence-electron chi connectivity index (χ3n) is 4.98. The first-order valence-corrected chi connectivity index (χ1v) is 9.55. The van der Waals surface area contributed by atoms with Crippen molar-refractivity contribution in [2.24, 2.45) is 5.92 Å².